The quantitative estimate of drug-likeness (QED) is 0.462. The molecule has 1 atom stereocenters. The van der Waals surface area contributed by atoms with E-state index in [9.17, 15) is 4.79 Å². The van der Waals surface area contributed by atoms with Gasteiger partial charge >= 0.3 is 0 Å². The van der Waals surface area contributed by atoms with Crippen molar-refractivity contribution in [1.29, 1.82) is 0 Å². The normalized spacial score (nSPS) is 15.4. The van der Waals surface area contributed by atoms with Crippen LogP contribution in [0.2, 0.25) is 0 Å². The molecule has 1 aliphatic rings. The number of benzene rings is 3. The number of amides is 1. The second-order valence-corrected chi connectivity index (χ2v) is 8.65. The fourth-order valence-corrected chi connectivity index (χ4v) is 4.51. The van der Waals surface area contributed by atoms with E-state index >= 15 is 0 Å². The van der Waals surface area contributed by atoms with Crippen molar-refractivity contribution in [2.75, 3.05) is 18.4 Å². The van der Waals surface area contributed by atoms with Crippen LogP contribution in [0.3, 0.4) is 0 Å². The van der Waals surface area contributed by atoms with Crippen molar-refractivity contribution >= 4 is 22.4 Å². The van der Waals surface area contributed by atoms with Crippen LogP contribution in [0.25, 0.3) is 21.9 Å². The van der Waals surface area contributed by atoms with Gasteiger partial charge in [0.15, 0.2) is 0 Å². The van der Waals surface area contributed by atoms with Crippen LogP contribution in [0.1, 0.15) is 24.4 Å². The molecule has 2 heterocycles. The van der Waals surface area contributed by atoms with Crippen molar-refractivity contribution in [2.24, 2.45) is 5.73 Å². The highest BCUT2D eigenvalue weighted by atomic mass is 16.2. The topological polar surface area (TPSA) is 71.2 Å². The highest BCUT2D eigenvalue weighted by molar-refractivity contribution is 5.85. The van der Waals surface area contributed by atoms with E-state index in [0.717, 1.165) is 40.6 Å². The summed E-state index contributed by atoms with van der Waals surface area (Å²) in [5, 5.41) is 5.93. The lowest BCUT2D eigenvalue weighted by Gasteiger charge is -2.34. The molecule has 0 saturated carbocycles. The zero-order chi connectivity index (χ0) is 22.6. The molecule has 1 aromatic heterocycles. The Bertz CT molecular complexity index is 1230. The highest BCUT2D eigenvalue weighted by Gasteiger charge is 2.27. The summed E-state index contributed by atoms with van der Waals surface area (Å²) in [6.45, 7) is 1.42. The van der Waals surface area contributed by atoms with Crippen LogP contribution in [0, 0.1) is 0 Å². The number of pyridine rings is 1. The first-order chi connectivity index (χ1) is 16.2. The summed E-state index contributed by atoms with van der Waals surface area (Å²) < 4.78 is 0. The van der Waals surface area contributed by atoms with Gasteiger partial charge in [-0.2, -0.15) is 0 Å². The molecule has 166 valence electrons. The molecule has 0 bridgehead atoms. The number of aromatic nitrogens is 1. The van der Waals surface area contributed by atoms with E-state index < -0.39 is 6.04 Å². The Balaban J connectivity index is 1.17. The van der Waals surface area contributed by atoms with E-state index in [0.29, 0.717) is 19.1 Å². The number of hydrogen-bond donors (Lipinski definition) is 2. The summed E-state index contributed by atoms with van der Waals surface area (Å²) in [5.41, 5.74) is 10.6. The molecule has 5 nitrogen and oxygen atoms in total. The molecule has 4 aromatic rings. The number of carbonyl (C=O) groups is 1. The van der Waals surface area contributed by atoms with Crippen molar-refractivity contribution in [2.45, 2.75) is 24.9 Å². The standard InChI is InChI=1S/C28H28N4O/c29-27(22-8-6-21(7-9-22)20-4-2-1-3-5-20)28(33)32-16-13-25(14-17-32)31-26-11-10-24-19-30-15-12-23(24)18-26/h1-12,15,18-19,25,27,31H,13-14,16-17,29H2. The molecule has 3 aromatic carbocycles. The third-order valence-electron chi connectivity index (χ3n) is 6.46. The van der Waals surface area contributed by atoms with E-state index in [1.54, 1.807) is 0 Å². The molecule has 1 unspecified atom stereocenters. The Labute approximate surface area is 194 Å². The number of anilines is 1. The highest BCUT2D eigenvalue weighted by Crippen LogP contribution is 2.24. The predicted octanol–water partition coefficient (Wildman–Crippen LogP) is 5.00. The Kier molecular flexibility index (Phi) is 6.05. The van der Waals surface area contributed by atoms with Crippen LogP contribution in [0.4, 0.5) is 5.69 Å². The van der Waals surface area contributed by atoms with Crippen molar-refractivity contribution in [3.63, 3.8) is 0 Å². The van der Waals surface area contributed by atoms with E-state index in [4.69, 9.17) is 5.73 Å². The number of fused-ring (bicyclic) bond motifs is 1. The molecule has 1 amide bonds. The van der Waals surface area contributed by atoms with Crippen LogP contribution < -0.4 is 11.1 Å². The lowest BCUT2D eigenvalue weighted by Crippen LogP contribution is -2.45. The van der Waals surface area contributed by atoms with Gasteiger partial charge < -0.3 is 16.0 Å². The molecule has 0 radical (unpaired) electrons. The zero-order valence-electron chi connectivity index (χ0n) is 18.5. The maximum absolute atomic E-state index is 13.0. The number of nitrogens with zero attached hydrogens (tertiary/aromatic N) is 2. The van der Waals surface area contributed by atoms with Gasteiger partial charge in [0.25, 0.3) is 0 Å². The minimum absolute atomic E-state index is 0.000818. The van der Waals surface area contributed by atoms with Gasteiger partial charge in [-0.1, -0.05) is 60.7 Å². The van der Waals surface area contributed by atoms with Crippen LogP contribution in [0.15, 0.2) is 91.3 Å². The van der Waals surface area contributed by atoms with E-state index in [1.165, 1.54) is 5.39 Å². The first kappa shape index (κ1) is 21.2. The molecule has 5 rings (SSSR count). The molecule has 3 N–H and O–H groups in total. The van der Waals surface area contributed by atoms with Gasteiger partial charge in [-0.15, -0.1) is 0 Å². The van der Waals surface area contributed by atoms with Crippen LogP contribution in [-0.2, 0) is 4.79 Å². The summed E-state index contributed by atoms with van der Waals surface area (Å²) in [6.07, 6.45) is 5.50. The maximum Gasteiger partial charge on any atom is 0.244 e. The van der Waals surface area contributed by atoms with Gasteiger partial charge in [0, 0.05) is 42.6 Å². The van der Waals surface area contributed by atoms with E-state index in [1.807, 2.05) is 65.8 Å². The van der Waals surface area contributed by atoms with Crippen molar-refractivity contribution in [3.05, 3.63) is 96.8 Å². The number of likely N-dealkylation sites (tertiary alicyclic amines) is 1. The second-order valence-electron chi connectivity index (χ2n) is 8.65. The van der Waals surface area contributed by atoms with Gasteiger partial charge in [-0.25, -0.2) is 0 Å². The molecule has 1 fully saturated rings. The van der Waals surface area contributed by atoms with E-state index in [-0.39, 0.29) is 5.91 Å². The zero-order valence-corrected chi connectivity index (χ0v) is 18.5. The smallest absolute Gasteiger partial charge is 0.244 e. The Morgan fingerprint density at radius 3 is 2.39 bits per heavy atom. The van der Waals surface area contributed by atoms with Crippen molar-refractivity contribution in [1.82, 2.24) is 9.88 Å². The van der Waals surface area contributed by atoms with Crippen molar-refractivity contribution in [3.8, 4) is 11.1 Å². The number of nitrogens with two attached hydrogens (primary N) is 1. The molecule has 0 aliphatic carbocycles. The molecular formula is C28H28N4O. The third-order valence-corrected chi connectivity index (χ3v) is 6.46. The fraction of sp³-hybridized carbons (Fsp3) is 0.214. The molecular weight excluding hydrogens is 408 g/mol. The number of piperidine rings is 1. The molecule has 5 heteroatoms. The van der Waals surface area contributed by atoms with Gasteiger partial charge in [0.05, 0.1) is 0 Å². The van der Waals surface area contributed by atoms with Crippen molar-refractivity contribution < 1.29 is 4.79 Å². The predicted molar refractivity (Wildman–Crippen MR) is 134 cm³/mol. The van der Waals surface area contributed by atoms with Gasteiger partial charge in [0.1, 0.15) is 6.04 Å². The Hall–Kier alpha value is -3.70. The first-order valence-corrected chi connectivity index (χ1v) is 11.5. The van der Waals surface area contributed by atoms with Crippen LogP contribution in [0.5, 0.6) is 0 Å². The summed E-state index contributed by atoms with van der Waals surface area (Å²) >= 11 is 0. The third kappa shape index (κ3) is 4.73. The SMILES string of the molecule is NC(C(=O)N1CCC(Nc2ccc3cnccc3c2)CC1)c1ccc(-c2ccccc2)cc1. The average Bonchev–Trinajstić information content (AvgIpc) is 2.89. The number of hydrogen-bond acceptors (Lipinski definition) is 4. The summed E-state index contributed by atoms with van der Waals surface area (Å²) in [5.74, 6) is -0.000818. The number of carbonyl (C=O) groups excluding carboxylic acids is 1. The monoisotopic (exact) mass is 436 g/mol. The lowest BCUT2D eigenvalue weighted by molar-refractivity contribution is -0.133. The average molecular weight is 437 g/mol. The summed E-state index contributed by atoms with van der Waals surface area (Å²) in [7, 11) is 0. The molecule has 33 heavy (non-hydrogen) atoms. The summed E-state index contributed by atoms with van der Waals surface area (Å²) in [6, 6.07) is 26.3. The number of rotatable bonds is 5. The Morgan fingerprint density at radius 1 is 0.909 bits per heavy atom. The molecule has 1 aliphatic heterocycles. The fourth-order valence-electron chi connectivity index (χ4n) is 4.51. The van der Waals surface area contributed by atoms with Gasteiger partial charge in [-0.3, -0.25) is 9.78 Å². The minimum Gasteiger partial charge on any atom is -0.382 e. The van der Waals surface area contributed by atoms with Gasteiger partial charge in [-0.05, 0) is 53.1 Å². The first-order valence-electron chi connectivity index (χ1n) is 11.5. The molecule has 1 saturated heterocycles. The lowest BCUT2D eigenvalue weighted by atomic mass is 9.99. The summed E-state index contributed by atoms with van der Waals surface area (Å²) in [4.78, 5) is 19.1. The van der Waals surface area contributed by atoms with Crippen LogP contribution >= 0.6 is 0 Å². The maximum atomic E-state index is 13.0. The largest absolute Gasteiger partial charge is 0.382 e. The van der Waals surface area contributed by atoms with E-state index in [2.05, 4.69) is 40.6 Å². The number of nitrogens with one attached hydrogen (secondary N) is 1. The second kappa shape index (κ2) is 9.43. The van der Waals surface area contributed by atoms with Crippen LogP contribution in [-0.4, -0.2) is 34.9 Å². The minimum atomic E-state index is -0.631. The van der Waals surface area contributed by atoms with Gasteiger partial charge in [0.2, 0.25) is 5.91 Å². The molecule has 0 spiro atoms. The Morgan fingerprint density at radius 2 is 1.64 bits per heavy atom.